The van der Waals surface area contributed by atoms with Crippen LogP contribution in [0.3, 0.4) is 0 Å². The zero-order valence-corrected chi connectivity index (χ0v) is 26.6. The first kappa shape index (κ1) is 31.4. The molecule has 1 unspecified atom stereocenters. The molecular weight excluding hydrogens is 594 g/mol. The van der Waals surface area contributed by atoms with Crippen molar-refractivity contribution >= 4 is 34.8 Å². The molecule has 45 heavy (non-hydrogen) atoms. The van der Waals surface area contributed by atoms with Crippen LogP contribution >= 0.6 is 11.3 Å². The number of nitro groups is 1. The lowest BCUT2D eigenvalue weighted by molar-refractivity contribution is -0.385. The van der Waals surface area contributed by atoms with Gasteiger partial charge in [-0.3, -0.25) is 19.5 Å². The summed E-state index contributed by atoms with van der Waals surface area (Å²) in [4.78, 5) is 44.5. The van der Waals surface area contributed by atoms with E-state index >= 15 is 0 Å². The van der Waals surface area contributed by atoms with Gasteiger partial charge in [0.1, 0.15) is 5.75 Å². The van der Waals surface area contributed by atoms with Crippen molar-refractivity contribution in [2.24, 2.45) is 4.99 Å². The first-order valence-corrected chi connectivity index (χ1v) is 15.2. The Labute approximate surface area is 263 Å². The van der Waals surface area contributed by atoms with Crippen molar-refractivity contribution in [3.8, 4) is 11.5 Å². The fourth-order valence-electron chi connectivity index (χ4n) is 5.46. The number of esters is 1. The molecule has 0 saturated heterocycles. The van der Waals surface area contributed by atoms with Gasteiger partial charge in [-0.1, -0.05) is 61.6 Å². The monoisotopic (exact) mass is 627 g/mol. The molecule has 1 aliphatic heterocycles. The van der Waals surface area contributed by atoms with Crippen molar-refractivity contribution in [2.75, 3.05) is 20.8 Å². The summed E-state index contributed by atoms with van der Waals surface area (Å²) >= 11 is 1.15. The average molecular weight is 628 g/mol. The number of hydrogen-bond donors (Lipinski definition) is 0. The van der Waals surface area contributed by atoms with Crippen molar-refractivity contribution in [2.45, 2.75) is 39.7 Å². The first-order valence-electron chi connectivity index (χ1n) is 14.4. The Morgan fingerprint density at radius 1 is 1.09 bits per heavy atom. The van der Waals surface area contributed by atoms with Gasteiger partial charge in [0, 0.05) is 11.6 Å². The van der Waals surface area contributed by atoms with Gasteiger partial charge in [0.2, 0.25) is 0 Å². The predicted molar refractivity (Wildman–Crippen MR) is 173 cm³/mol. The Hall–Kier alpha value is -5.03. The number of benzene rings is 3. The highest BCUT2D eigenvalue weighted by atomic mass is 32.1. The Kier molecular flexibility index (Phi) is 9.01. The molecule has 0 N–H and O–H groups in total. The van der Waals surface area contributed by atoms with Gasteiger partial charge >= 0.3 is 11.7 Å². The number of ether oxygens (including phenoxy) is 3. The summed E-state index contributed by atoms with van der Waals surface area (Å²) in [5, 5.41) is 11.7. The van der Waals surface area contributed by atoms with E-state index in [4.69, 9.17) is 19.2 Å². The number of methoxy groups -OCH3 is 2. The number of nitro benzene ring substituents is 1. The summed E-state index contributed by atoms with van der Waals surface area (Å²) in [6.07, 6.45) is 1.59. The SMILES string of the molecule is CCOC(=O)C1=C(c2ccccc2)N=c2sc(=Cc3ccc(OC)c([N+](=O)[O-])c3)c(=O)n2C1c1cc(C(C)C)c(OC)cc1C. The molecular formula is C34H33N3O7S. The quantitative estimate of drug-likeness (QED) is 0.140. The van der Waals surface area contributed by atoms with Gasteiger partial charge in [0.15, 0.2) is 10.6 Å². The number of carbonyl (C=O) groups is 1. The zero-order chi connectivity index (χ0) is 32.4. The number of rotatable bonds is 9. The predicted octanol–water partition coefficient (Wildman–Crippen LogP) is 5.29. The highest BCUT2D eigenvalue weighted by Crippen LogP contribution is 2.40. The van der Waals surface area contributed by atoms with E-state index in [1.165, 1.54) is 23.8 Å². The van der Waals surface area contributed by atoms with Crippen molar-refractivity contribution in [3.05, 3.63) is 124 Å². The Morgan fingerprint density at radius 3 is 2.42 bits per heavy atom. The molecule has 0 aliphatic carbocycles. The fraction of sp³-hybridized carbons (Fsp3) is 0.265. The van der Waals surface area contributed by atoms with Crippen molar-refractivity contribution < 1.29 is 23.9 Å². The third-order valence-corrected chi connectivity index (χ3v) is 8.59. The van der Waals surface area contributed by atoms with Gasteiger partial charge in [-0.2, -0.15) is 0 Å². The fourth-order valence-corrected chi connectivity index (χ4v) is 6.46. The summed E-state index contributed by atoms with van der Waals surface area (Å²) in [5.74, 6) is 0.335. The number of thiazole rings is 1. The Morgan fingerprint density at radius 2 is 1.80 bits per heavy atom. The first-order chi connectivity index (χ1) is 21.6. The van der Waals surface area contributed by atoms with E-state index in [0.717, 1.165) is 28.0 Å². The summed E-state index contributed by atoms with van der Waals surface area (Å²) in [7, 11) is 2.97. The molecule has 1 aliphatic rings. The molecule has 232 valence electrons. The molecule has 1 aromatic heterocycles. The van der Waals surface area contributed by atoms with Crippen LogP contribution in [0.4, 0.5) is 5.69 Å². The maximum Gasteiger partial charge on any atom is 0.338 e. The highest BCUT2D eigenvalue weighted by molar-refractivity contribution is 7.07. The van der Waals surface area contributed by atoms with E-state index in [1.807, 2.05) is 63.2 Å². The molecule has 3 aromatic carbocycles. The normalized spacial score (nSPS) is 14.6. The third kappa shape index (κ3) is 5.91. The van der Waals surface area contributed by atoms with E-state index in [-0.39, 0.29) is 29.5 Å². The minimum atomic E-state index is -0.869. The number of nitrogens with zero attached hydrogens (tertiary/aromatic N) is 3. The summed E-state index contributed by atoms with van der Waals surface area (Å²) in [6, 6.07) is 16.8. The van der Waals surface area contributed by atoms with E-state index in [0.29, 0.717) is 31.9 Å². The van der Waals surface area contributed by atoms with Crippen molar-refractivity contribution in [1.29, 1.82) is 0 Å². The van der Waals surface area contributed by atoms with Crippen LogP contribution in [-0.2, 0) is 9.53 Å². The maximum atomic E-state index is 14.3. The van der Waals surface area contributed by atoms with Gasteiger partial charge in [0.05, 0.1) is 47.6 Å². The molecule has 0 radical (unpaired) electrons. The molecule has 5 rings (SSSR count). The van der Waals surface area contributed by atoms with Gasteiger partial charge in [0.25, 0.3) is 5.56 Å². The summed E-state index contributed by atoms with van der Waals surface area (Å²) in [5.41, 5.74) is 3.66. The molecule has 10 nitrogen and oxygen atoms in total. The minimum Gasteiger partial charge on any atom is -0.496 e. The Balaban J connectivity index is 1.87. The van der Waals surface area contributed by atoms with E-state index in [9.17, 15) is 19.7 Å². The summed E-state index contributed by atoms with van der Waals surface area (Å²) in [6.45, 7) is 7.88. The molecule has 1 atom stereocenters. The molecule has 0 spiro atoms. The second kappa shape index (κ2) is 12.9. The number of aryl methyl sites for hydroxylation is 1. The van der Waals surface area contributed by atoms with Crippen LogP contribution in [0.15, 0.2) is 76.0 Å². The largest absolute Gasteiger partial charge is 0.496 e. The van der Waals surface area contributed by atoms with E-state index < -0.39 is 22.5 Å². The smallest absolute Gasteiger partial charge is 0.338 e. The number of fused-ring (bicyclic) bond motifs is 1. The van der Waals surface area contributed by atoms with Gasteiger partial charge in [-0.15, -0.1) is 0 Å². The van der Waals surface area contributed by atoms with E-state index in [2.05, 4.69) is 0 Å². The lowest BCUT2D eigenvalue weighted by Crippen LogP contribution is -2.40. The average Bonchev–Trinajstić information content (AvgIpc) is 3.34. The molecule has 4 aromatic rings. The molecule has 0 amide bonds. The third-order valence-electron chi connectivity index (χ3n) is 7.61. The van der Waals surface area contributed by atoms with Crippen LogP contribution in [0, 0.1) is 17.0 Å². The van der Waals surface area contributed by atoms with Gasteiger partial charge in [-0.05, 0) is 66.3 Å². The molecule has 0 saturated carbocycles. The molecule has 11 heteroatoms. The van der Waals surface area contributed by atoms with Gasteiger partial charge < -0.3 is 14.2 Å². The van der Waals surface area contributed by atoms with E-state index in [1.54, 1.807) is 26.2 Å². The lowest BCUT2D eigenvalue weighted by atomic mass is 9.87. The van der Waals surface area contributed by atoms with Crippen molar-refractivity contribution in [3.63, 3.8) is 0 Å². The molecule has 2 heterocycles. The van der Waals surface area contributed by atoms with Crippen LogP contribution in [-0.4, -0.2) is 36.3 Å². The standard InChI is InChI=1S/C34H33N3O7S/c1-7-44-33(39)29-30(22-11-9-8-10-12-22)35-34-36(31(29)24-18-23(19(2)3)27(43-6)15-20(24)4)32(38)28(45-34)17-21-13-14-26(42-5)25(16-21)37(40)41/h8-19,31H,7H2,1-6H3. The second-order valence-electron chi connectivity index (χ2n) is 10.7. The van der Waals surface area contributed by atoms with Crippen LogP contribution in [0.2, 0.25) is 0 Å². The maximum absolute atomic E-state index is 14.3. The van der Waals surface area contributed by atoms with Gasteiger partial charge in [-0.25, -0.2) is 9.79 Å². The number of carbonyl (C=O) groups excluding carboxylic acids is 1. The Bertz CT molecular complexity index is 2010. The molecule has 0 fully saturated rings. The minimum absolute atomic E-state index is 0.0876. The summed E-state index contributed by atoms with van der Waals surface area (Å²) < 4.78 is 18.2. The zero-order valence-electron chi connectivity index (χ0n) is 25.8. The van der Waals surface area contributed by atoms with Crippen LogP contribution in [0.5, 0.6) is 11.5 Å². The lowest BCUT2D eigenvalue weighted by Gasteiger charge is -2.28. The van der Waals surface area contributed by atoms with Crippen LogP contribution in [0.25, 0.3) is 11.8 Å². The number of hydrogen-bond acceptors (Lipinski definition) is 9. The topological polar surface area (TPSA) is 122 Å². The highest BCUT2D eigenvalue weighted by Gasteiger charge is 2.36. The number of aromatic nitrogens is 1. The van der Waals surface area contributed by atoms with Crippen LogP contribution < -0.4 is 24.4 Å². The second-order valence-corrected chi connectivity index (χ2v) is 11.7. The molecule has 0 bridgehead atoms. The van der Waals surface area contributed by atoms with Crippen molar-refractivity contribution in [1.82, 2.24) is 4.57 Å². The van der Waals surface area contributed by atoms with Crippen LogP contribution in [0.1, 0.15) is 60.5 Å².